The summed E-state index contributed by atoms with van der Waals surface area (Å²) in [7, 11) is 0. The van der Waals surface area contributed by atoms with E-state index in [1.54, 1.807) is 0 Å². The molecule has 2 heterocycles. The van der Waals surface area contributed by atoms with Gasteiger partial charge in [0.2, 0.25) is 0 Å². The molecule has 0 radical (unpaired) electrons. The van der Waals surface area contributed by atoms with Crippen LogP contribution in [0.4, 0.5) is 0 Å². The number of hydrogen-bond donors (Lipinski definition) is 1. The molecule has 88 valence electrons. The van der Waals surface area contributed by atoms with Crippen molar-refractivity contribution in [3.05, 3.63) is 0 Å². The van der Waals surface area contributed by atoms with Gasteiger partial charge >= 0.3 is 0 Å². The fraction of sp³-hybridized carbons (Fsp3) is 1.00. The maximum atomic E-state index is 5.61. The first-order valence-corrected chi connectivity index (χ1v) is 7.50. The van der Waals surface area contributed by atoms with Crippen molar-refractivity contribution in [2.24, 2.45) is 5.92 Å². The van der Waals surface area contributed by atoms with Crippen LogP contribution in [0.1, 0.15) is 32.1 Å². The Morgan fingerprint density at radius 2 is 2.27 bits per heavy atom. The molecule has 0 aromatic rings. The Hall–Kier alpha value is 0.270. The predicted molar refractivity (Wildman–Crippen MR) is 66.5 cm³/mol. The maximum absolute atomic E-state index is 5.61. The molecular weight excluding hydrogens is 206 g/mol. The van der Waals surface area contributed by atoms with Crippen LogP contribution in [0.2, 0.25) is 0 Å². The van der Waals surface area contributed by atoms with Gasteiger partial charge in [0.1, 0.15) is 0 Å². The molecule has 0 aromatic heterocycles. The second-order valence-electron chi connectivity index (χ2n) is 4.71. The Morgan fingerprint density at radius 1 is 1.27 bits per heavy atom. The summed E-state index contributed by atoms with van der Waals surface area (Å²) in [5.41, 5.74) is 0. The third-order valence-electron chi connectivity index (χ3n) is 3.40. The summed E-state index contributed by atoms with van der Waals surface area (Å²) in [5, 5.41) is 3.48. The normalized spacial score (nSPS) is 32.0. The van der Waals surface area contributed by atoms with Crippen LogP contribution >= 0.6 is 11.8 Å². The molecule has 2 unspecified atom stereocenters. The van der Waals surface area contributed by atoms with Crippen molar-refractivity contribution in [1.82, 2.24) is 5.32 Å². The van der Waals surface area contributed by atoms with Crippen molar-refractivity contribution in [1.29, 1.82) is 0 Å². The van der Waals surface area contributed by atoms with Crippen LogP contribution in [0.25, 0.3) is 0 Å². The fourth-order valence-electron chi connectivity index (χ4n) is 2.41. The number of ether oxygens (including phenoxy) is 1. The lowest BCUT2D eigenvalue weighted by atomic mass is 9.97. The fourth-order valence-corrected chi connectivity index (χ4v) is 3.60. The van der Waals surface area contributed by atoms with Gasteiger partial charge in [0.05, 0.1) is 6.10 Å². The van der Waals surface area contributed by atoms with Crippen LogP contribution in [0.15, 0.2) is 0 Å². The third-order valence-corrected chi connectivity index (χ3v) is 4.53. The van der Waals surface area contributed by atoms with Gasteiger partial charge in [0.25, 0.3) is 0 Å². The van der Waals surface area contributed by atoms with E-state index in [0.29, 0.717) is 6.10 Å². The Balaban J connectivity index is 1.47. The lowest BCUT2D eigenvalue weighted by molar-refractivity contribution is 0.129. The highest BCUT2D eigenvalue weighted by molar-refractivity contribution is 7.99. The summed E-state index contributed by atoms with van der Waals surface area (Å²) in [6.45, 7) is 3.48. The molecule has 2 aliphatic heterocycles. The van der Waals surface area contributed by atoms with E-state index in [9.17, 15) is 0 Å². The second-order valence-corrected chi connectivity index (χ2v) is 5.86. The number of nitrogens with one attached hydrogen (secondary N) is 1. The molecule has 15 heavy (non-hydrogen) atoms. The smallest absolute Gasteiger partial charge is 0.0666 e. The first-order chi connectivity index (χ1) is 7.45. The molecule has 2 fully saturated rings. The molecule has 3 heteroatoms. The molecule has 2 rings (SSSR count). The van der Waals surface area contributed by atoms with E-state index in [1.807, 2.05) is 0 Å². The Bertz CT molecular complexity index is 165. The second kappa shape index (κ2) is 6.77. The zero-order valence-corrected chi connectivity index (χ0v) is 10.4. The van der Waals surface area contributed by atoms with Gasteiger partial charge < -0.3 is 10.1 Å². The molecule has 0 amide bonds. The number of thioether (sulfide) groups is 1. The van der Waals surface area contributed by atoms with E-state index < -0.39 is 0 Å². The summed E-state index contributed by atoms with van der Waals surface area (Å²) < 4.78 is 5.61. The van der Waals surface area contributed by atoms with Gasteiger partial charge in [-0.3, -0.25) is 0 Å². The zero-order valence-electron chi connectivity index (χ0n) is 9.54. The molecule has 0 saturated carbocycles. The standard InChI is InChI=1S/C12H23NOS/c1-3-11(9-13-6-1)5-8-15-10-12-4-2-7-14-12/h11-13H,1-10H2. The largest absolute Gasteiger partial charge is 0.377 e. The zero-order chi connectivity index (χ0) is 10.3. The molecule has 0 bridgehead atoms. The van der Waals surface area contributed by atoms with Crippen molar-refractivity contribution >= 4 is 11.8 Å². The molecule has 2 atom stereocenters. The number of hydrogen-bond acceptors (Lipinski definition) is 3. The minimum atomic E-state index is 0.569. The highest BCUT2D eigenvalue weighted by Crippen LogP contribution is 2.20. The minimum Gasteiger partial charge on any atom is -0.377 e. The predicted octanol–water partition coefficient (Wildman–Crippen LogP) is 2.29. The van der Waals surface area contributed by atoms with Gasteiger partial charge in [-0.1, -0.05) is 0 Å². The van der Waals surface area contributed by atoms with Crippen LogP contribution in [0.5, 0.6) is 0 Å². The van der Waals surface area contributed by atoms with E-state index in [4.69, 9.17) is 4.74 Å². The van der Waals surface area contributed by atoms with Gasteiger partial charge in [-0.15, -0.1) is 0 Å². The summed E-state index contributed by atoms with van der Waals surface area (Å²) in [5.74, 6) is 3.49. The molecule has 2 nitrogen and oxygen atoms in total. The van der Waals surface area contributed by atoms with E-state index in [0.717, 1.165) is 12.5 Å². The van der Waals surface area contributed by atoms with Crippen molar-refractivity contribution in [2.45, 2.75) is 38.2 Å². The van der Waals surface area contributed by atoms with E-state index in [1.165, 1.54) is 56.7 Å². The van der Waals surface area contributed by atoms with Gasteiger partial charge in [0, 0.05) is 12.4 Å². The minimum absolute atomic E-state index is 0.569. The summed E-state index contributed by atoms with van der Waals surface area (Å²) in [4.78, 5) is 0. The van der Waals surface area contributed by atoms with Gasteiger partial charge in [-0.2, -0.15) is 11.8 Å². The topological polar surface area (TPSA) is 21.3 Å². The summed E-state index contributed by atoms with van der Waals surface area (Å²) >= 11 is 2.09. The quantitative estimate of drug-likeness (QED) is 0.731. The van der Waals surface area contributed by atoms with E-state index in [-0.39, 0.29) is 0 Å². The highest BCUT2D eigenvalue weighted by Gasteiger charge is 2.16. The summed E-state index contributed by atoms with van der Waals surface area (Å²) in [6.07, 6.45) is 7.34. The van der Waals surface area contributed by atoms with Crippen LogP contribution in [-0.4, -0.2) is 37.3 Å². The molecular formula is C12H23NOS. The lowest BCUT2D eigenvalue weighted by Crippen LogP contribution is -2.30. The molecule has 2 aliphatic rings. The van der Waals surface area contributed by atoms with Gasteiger partial charge in [-0.05, 0) is 56.9 Å². The maximum Gasteiger partial charge on any atom is 0.0666 e. The molecule has 1 N–H and O–H groups in total. The molecule has 2 saturated heterocycles. The monoisotopic (exact) mass is 229 g/mol. The summed E-state index contributed by atoms with van der Waals surface area (Å²) in [6, 6.07) is 0. The van der Waals surface area contributed by atoms with Crippen LogP contribution in [0, 0.1) is 5.92 Å². The van der Waals surface area contributed by atoms with Crippen LogP contribution in [-0.2, 0) is 4.74 Å². The first-order valence-electron chi connectivity index (χ1n) is 6.35. The van der Waals surface area contributed by atoms with Gasteiger partial charge in [0.15, 0.2) is 0 Å². The lowest BCUT2D eigenvalue weighted by Gasteiger charge is -2.22. The Labute approximate surface area is 97.5 Å². The highest BCUT2D eigenvalue weighted by atomic mass is 32.2. The molecule has 0 aromatic carbocycles. The van der Waals surface area contributed by atoms with Crippen molar-refractivity contribution in [2.75, 3.05) is 31.2 Å². The number of rotatable bonds is 5. The average Bonchev–Trinajstić information content (AvgIpc) is 2.79. The van der Waals surface area contributed by atoms with E-state index in [2.05, 4.69) is 17.1 Å². The third kappa shape index (κ3) is 4.33. The Kier molecular flexibility index (Phi) is 5.30. The van der Waals surface area contributed by atoms with E-state index >= 15 is 0 Å². The number of piperidine rings is 1. The van der Waals surface area contributed by atoms with Gasteiger partial charge in [-0.25, -0.2) is 0 Å². The SMILES string of the molecule is C1CNCC(CCSCC2CCCO2)C1. The average molecular weight is 229 g/mol. The van der Waals surface area contributed by atoms with Crippen molar-refractivity contribution in [3.8, 4) is 0 Å². The van der Waals surface area contributed by atoms with Crippen LogP contribution < -0.4 is 5.32 Å². The first kappa shape index (κ1) is 11.7. The van der Waals surface area contributed by atoms with Crippen molar-refractivity contribution < 1.29 is 4.74 Å². The van der Waals surface area contributed by atoms with Crippen LogP contribution in [0.3, 0.4) is 0 Å². The molecule has 0 spiro atoms. The Morgan fingerprint density at radius 3 is 3.00 bits per heavy atom. The molecule has 0 aliphatic carbocycles. The van der Waals surface area contributed by atoms with Crippen molar-refractivity contribution in [3.63, 3.8) is 0 Å².